The van der Waals surface area contributed by atoms with Crippen molar-refractivity contribution in [2.45, 2.75) is 6.92 Å². The third-order valence-corrected chi connectivity index (χ3v) is 1.39. The second-order valence-corrected chi connectivity index (χ2v) is 2.41. The number of aliphatic hydroxyl groups is 1. The SMILES string of the molecule is Cc1cnc(N)nc1NCCO. The fourth-order valence-corrected chi connectivity index (χ4v) is 0.809. The van der Waals surface area contributed by atoms with E-state index in [1.165, 1.54) is 0 Å². The summed E-state index contributed by atoms with van der Waals surface area (Å²) in [6.07, 6.45) is 1.64. The molecule has 0 fully saturated rings. The molecule has 0 amide bonds. The zero-order valence-electron chi connectivity index (χ0n) is 6.91. The van der Waals surface area contributed by atoms with Crippen molar-refractivity contribution in [2.24, 2.45) is 0 Å². The van der Waals surface area contributed by atoms with Crippen molar-refractivity contribution in [2.75, 3.05) is 24.2 Å². The number of aliphatic hydroxyl groups excluding tert-OH is 1. The number of nitrogens with zero attached hydrogens (tertiary/aromatic N) is 2. The number of nitrogen functional groups attached to an aromatic ring is 1. The highest BCUT2D eigenvalue weighted by molar-refractivity contribution is 5.44. The van der Waals surface area contributed by atoms with Crippen LogP contribution in [0.3, 0.4) is 0 Å². The average Bonchev–Trinajstić information content (AvgIpc) is 2.07. The summed E-state index contributed by atoms with van der Waals surface area (Å²) >= 11 is 0. The van der Waals surface area contributed by atoms with Gasteiger partial charge >= 0.3 is 0 Å². The van der Waals surface area contributed by atoms with Crippen molar-refractivity contribution in [1.82, 2.24) is 9.97 Å². The fraction of sp³-hybridized carbons (Fsp3) is 0.429. The molecular weight excluding hydrogens is 156 g/mol. The molecule has 0 aliphatic heterocycles. The van der Waals surface area contributed by atoms with Crippen LogP contribution in [0.5, 0.6) is 0 Å². The van der Waals surface area contributed by atoms with Crippen molar-refractivity contribution in [3.63, 3.8) is 0 Å². The summed E-state index contributed by atoms with van der Waals surface area (Å²) in [4.78, 5) is 7.77. The van der Waals surface area contributed by atoms with Gasteiger partial charge in [0.2, 0.25) is 5.95 Å². The average molecular weight is 168 g/mol. The minimum Gasteiger partial charge on any atom is -0.395 e. The third-order valence-electron chi connectivity index (χ3n) is 1.39. The van der Waals surface area contributed by atoms with Gasteiger partial charge in [0.05, 0.1) is 6.61 Å². The van der Waals surface area contributed by atoms with E-state index in [0.29, 0.717) is 12.4 Å². The number of aromatic nitrogens is 2. The lowest BCUT2D eigenvalue weighted by Crippen LogP contribution is -2.09. The monoisotopic (exact) mass is 168 g/mol. The lowest BCUT2D eigenvalue weighted by Gasteiger charge is -2.06. The van der Waals surface area contributed by atoms with E-state index in [-0.39, 0.29) is 12.6 Å². The first-order valence-corrected chi connectivity index (χ1v) is 3.68. The predicted octanol–water partition coefficient (Wildman–Crippen LogP) is -0.229. The zero-order valence-corrected chi connectivity index (χ0v) is 6.91. The van der Waals surface area contributed by atoms with E-state index in [1.807, 2.05) is 6.92 Å². The zero-order chi connectivity index (χ0) is 8.97. The summed E-state index contributed by atoms with van der Waals surface area (Å²) in [6.45, 7) is 2.42. The van der Waals surface area contributed by atoms with Gasteiger partial charge < -0.3 is 16.2 Å². The Kier molecular flexibility index (Phi) is 2.82. The molecule has 0 aliphatic rings. The van der Waals surface area contributed by atoms with Gasteiger partial charge in [-0.3, -0.25) is 0 Å². The van der Waals surface area contributed by atoms with Gasteiger partial charge in [0, 0.05) is 18.3 Å². The van der Waals surface area contributed by atoms with E-state index in [0.717, 1.165) is 5.56 Å². The smallest absolute Gasteiger partial charge is 0.221 e. The van der Waals surface area contributed by atoms with Crippen LogP contribution >= 0.6 is 0 Å². The number of anilines is 2. The standard InChI is InChI=1S/C7H12N4O/c1-5-4-10-7(8)11-6(5)9-2-3-12/h4,12H,2-3H2,1H3,(H3,8,9,10,11). The lowest BCUT2D eigenvalue weighted by atomic mass is 10.3. The number of rotatable bonds is 3. The van der Waals surface area contributed by atoms with Gasteiger partial charge in [-0.05, 0) is 6.92 Å². The van der Waals surface area contributed by atoms with Crippen LogP contribution in [0.4, 0.5) is 11.8 Å². The summed E-state index contributed by atoms with van der Waals surface area (Å²) in [5.74, 6) is 0.914. The summed E-state index contributed by atoms with van der Waals surface area (Å²) in [5.41, 5.74) is 6.29. The molecule has 0 saturated carbocycles. The molecule has 5 nitrogen and oxygen atoms in total. The molecule has 0 bridgehead atoms. The summed E-state index contributed by atoms with van der Waals surface area (Å²) < 4.78 is 0. The van der Waals surface area contributed by atoms with Crippen LogP contribution in [-0.4, -0.2) is 28.2 Å². The Morgan fingerprint density at radius 2 is 2.42 bits per heavy atom. The molecule has 66 valence electrons. The number of hydrogen-bond donors (Lipinski definition) is 3. The second-order valence-electron chi connectivity index (χ2n) is 2.41. The van der Waals surface area contributed by atoms with Crippen molar-refractivity contribution in [3.05, 3.63) is 11.8 Å². The van der Waals surface area contributed by atoms with Crippen LogP contribution in [0.15, 0.2) is 6.20 Å². The molecule has 0 unspecified atom stereocenters. The van der Waals surface area contributed by atoms with Crippen LogP contribution < -0.4 is 11.1 Å². The molecule has 0 atom stereocenters. The van der Waals surface area contributed by atoms with Crippen molar-refractivity contribution in [1.29, 1.82) is 0 Å². The molecule has 0 aliphatic carbocycles. The number of aryl methyl sites for hydroxylation is 1. The number of nitrogens with two attached hydrogens (primary N) is 1. The van der Waals surface area contributed by atoms with Crippen LogP contribution in [0.25, 0.3) is 0 Å². The van der Waals surface area contributed by atoms with Crippen molar-refractivity contribution >= 4 is 11.8 Å². The van der Waals surface area contributed by atoms with Crippen molar-refractivity contribution < 1.29 is 5.11 Å². The first-order chi connectivity index (χ1) is 5.74. The van der Waals surface area contributed by atoms with E-state index in [9.17, 15) is 0 Å². The Bertz CT molecular complexity index is 264. The topological polar surface area (TPSA) is 84.1 Å². The van der Waals surface area contributed by atoms with E-state index in [4.69, 9.17) is 10.8 Å². The van der Waals surface area contributed by atoms with Crippen LogP contribution in [0.2, 0.25) is 0 Å². The molecule has 1 rings (SSSR count). The highest BCUT2D eigenvalue weighted by atomic mass is 16.3. The Balaban J connectivity index is 2.75. The predicted molar refractivity (Wildman–Crippen MR) is 46.8 cm³/mol. The molecule has 0 aromatic carbocycles. The van der Waals surface area contributed by atoms with Gasteiger partial charge in [0.15, 0.2) is 0 Å². The maximum absolute atomic E-state index is 8.55. The number of hydrogen-bond acceptors (Lipinski definition) is 5. The Hall–Kier alpha value is -1.36. The summed E-state index contributed by atoms with van der Waals surface area (Å²) in [7, 11) is 0. The first-order valence-electron chi connectivity index (χ1n) is 3.68. The highest BCUT2D eigenvalue weighted by Crippen LogP contribution is 2.09. The maximum Gasteiger partial charge on any atom is 0.221 e. The minimum atomic E-state index is 0.0728. The van der Waals surface area contributed by atoms with Gasteiger partial charge in [0.1, 0.15) is 5.82 Å². The largest absolute Gasteiger partial charge is 0.395 e. The Labute approximate surface area is 70.6 Å². The molecule has 0 radical (unpaired) electrons. The highest BCUT2D eigenvalue weighted by Gasteiger charge is 1.99. The van der Waals surface area contributed by atoms with Gasteiger partial charge in [-0.25, -0.2) is 4.98 Å². The quantitative estimate of drug-likeness (QED) is 0.580. The van der Waals surface area contributed by atoms with Gasteiger partial charge in [-0.15, -0.1) is 0 Å². The van der Waals surface area contributed by atoms with E-state index in [1.54, 1.807) is 6.20 Å². The molecule has 1 heterocycles. The van der Waals surface area contributed by atoms with Gasteiger partial charge in [-0.2, -0.15) is 4.98 Å². The molecule has 1 aromatic heterocycles. The first kappa shape index (κ1) is 8.73. The molecule has 4 N–H and O–H groups in total. The number of nitrogens with one attached hydrogen (secondary N) is 1. The minimum absolute atomic E-state index is 0.0728. The van der Waals surface area contributed by atoms with Crippen molar-refractivity contribution in [3.8, 4) is 0 Å². The molecule has 0 saturated heterocycles. The van der Waals surface area contributed by atoms with E-state index >= 15 is 0 Å². The second kappa shape index (κ2) is 3.87. The summed E-state index contributed by atoms with van der Waals surface area (Å²) in [5, 5.41) is 11.5. The van der Waals surface area contributed by atoms with Gasteiger partial charge in [-0.1, -0.05) is 0 Å². The maximum atomic E-state index is 8.55. The molecular formula is C7H12N4O. The normalized spacial score (nSPS) is 9.83. The fourth-order valence-electron chi connectivity index (χ4n) is 0.809. The Morgan fingerprint density at radius 3 is 3.08 bits per heavy atom. The van der Waals surface area contributed by atoms with E-state index < -0.39 is 0 Å². The molecule has 1 aromatic rings. The molecule has 5 heteroatoms. The van der Waals surface area contributed by atoms with Crippen LogP contribution in [0.1, 0.15) is 5.56 Å². The third kappa shape index (κ3) is 2.06. The lowest BCUT2D eigenvalue weighted by molar-refractivity contribution is 0.311. The molecule has 12 heavy (non-hydrogen) atoms. The molecule has 0 spiro atoms. The van der Waals surface area contributed by atoms with Crippen LogP contribution in [0, 0.1) is 6.92 Å². The van der Waals surface area contributed by atoms with E-state index in [2.05, 4.69) is 15.3 Å². The van der Waals surface area contributed by atoms with Gasteiger partial charge in [0.25, 0.3) is 0 Å². The Morgan fingerprint density at radius 1 is 1.67 bits per heavy atom. The van der Waals surface area contributed by atoms with Crippen LogP contribution in [-0.2, 0) is 0 Å². The summed E-state index contributed by atoms with van der Waals surface area (Å²) in [6, 6.07) is 0.